The van der Waals surface area contributed by atoms with Gasteiger partial charge < -0.3 is 14.2 Å². The van der Waals surface area contributed by atoms with Gasteiger partial charge in [0.25, 0.3) is 0 Å². The summed E-state index contributed by atoms with van der Waals surface area (Å²) in [6, 6.07) is 19.9. The van der Waals surface area contributed by atoms with Gasteiger partial charge in [0.05, 0.1) is 7.11 Å². The maximum atomic E-state index is 12.2. The molecule has 132 valence electrons. The van der Waals surface area contributed by atoms with Gasteiger partial charge in [-0.1, -0.05) is 36.4 Å². The van der Waals surface area contributed by atoms with E-state index >= 15 is 0 Å². The first-order valence-corrected chi connectivity index (χ1v) is 8.10. The van der Waals surface area contributed by atoms with Crippen LogP contribution in [0, 0.1) is 0 Å². The third-order valence-electron chi connectivity index (χ3n) is 3.83. The molecule has 0 heterocycles. The van der Waals surface area contributed by atoms with Crippen LogP contribution in [0.1, 0.15) is 10.4 Å². The lowest BCUT2D eigenvalue weighted by Crippen LogP contribution is -2.19. The van der Waals surface area contributed by atoms with E-state index in [1.807, 2.05) is 30.3 Å². The van der Waals surface area contributed by atoms with Gasteiger partial charge in [0.2, 0.25) is 0 Å². The second-order valence-corrected chi connectivity index (χ2v) is 5.61. The molecule has 0 spiro atoms. The Hall–Kier alpha value is -3.34. The highest BCUT2D eigenvalue weighted by atomic mass is 16.6. The summed E-state index contributed by atoms with van der Waals surface area (Å²) in [5, 5.41) is 1.88. The summed E-state index contributed by atoms with van der Waals surface area (Å²) >= 11 is 0. The average Bonchev–Trinajstić information content (AvgIpc) is 2.70. The van der Waals surface area contributed by atoms with Crippen molar-refractivity contribution in [2.24, 2.45) is 0 Å². The maximum Gasteiger partial charge on any atom is 0.344 e. The molecule has 5 nitrogen and oxygen atoms in total. The quantitative estimate of drug-likeness (QED) is 0.481. The van der Waals surface area contributed by atoms with Gasteiger partial charge in [-0.05, 0) is 41.1 Å². The van der Waals surface area contributed by atoms with E-state index in [4.69, 9.17) is 14.2 Å². The van der Waals surface area contributed by atoms with Crippen molar-refractivity contribution in [1.82, 2.24) is 0 Å². The van der Waals surface area contributed by atoms with Crippen LogP contribution in [0.3, 0.4) is 0 Å². The molecule has 0 aliphatic heterocycles. The number of fused-ring (bicyclic) bond motifs is 1. The summed E-state index contributed by atoms with van der Waals surface area (Å²) in [4.78, 5) is 24.0. The normalized spacial score (nSPS) is 10.3. The molecule has 0 atom stereocenters. The summed E-state index contributed by atoms with van der Waals surface area (Å²) in [5.41, 5.74) is 0.486. The summed E-state index contributed by atoms with van der Waals surface area (Å²) in [7, 11) is 1.61. The highest BCUT2D eigenvalue weighted by Crippen LogP contribution is 2.22. The zero-order valence-corrected chi connectivity index (χ0v) is 14.3. The fourth-order valence-electron chi connectivity index (χ4n) is 2.45. The van der Waals surface area contributed by atoms with Crippen LogP contribution in [0.4, 0.5) is 0 Å². The van der Waals surface area contributed by atoms with E-state index in [9.17, 15) is 9.59 Å². The SMILES string of the molecule is COc1ccc2cc(C(=O)COC(=O)COc3ccccc3)ccc2c1. The van der Waals surface area contributed by atoms with Gasteiger partial charge in [0.15, 0.2) is 19.0 Å². The third-order valence-corrected chi connectivity index (χ3v) is 3.83. The fraction of sp³-hybridized carbons (Fsp3) is 0.143. The van der Waals surface area contributed by atoms with Crippen LogP contribution in [0.5, 0.6) is 11.5 Å². The number of Topliss-reactive ketones (excluding diaryl/α,β-unsaturated/α-hetero) is 1. The van der Waals surface area contributed by atoms with Crippen molar-refractivity contribution in [2.75, 3.05) is 20.3 Å². The van der Waals surface area contributed by atoms with Crippen molar-refractivity contribution in [3.8, 4) is 11.5 Å². The lowest BCUT2D eigenvalue weighted by atomic mass is 10.0. The molecule has 0 saturated carbocycles. The molecule has 0 N–H and O–H groups in total. The summed E-state index contributed by atoms with van der Waals surface area (Å²) < 4.78 is 15.5. The number of carbonyl (C=O) groups excluding carboxylic acids is 2. The zero-order chi connectivity index (χ0) is 18.4. The first-order valence-electron chi connectivity index (χ1n) is 8.10. The van der Waals surface area contributed by atoms with E-state index in [0.29, 0.717) is 11.3 Å². The van der Waals surface area contributed by atoms with Crippen molar-refractivity contribution in [3.63, 3.8) is 0 Å². The van der Waals surface area contributed by atoms with Gasteiger partial charge in [-0.15, -0.1) is 0 Å². The molecule has 3 rings (SSSR count). The van der Waals surface area contributed by atoms with E-state index in [1.165, 1.54) is 0 Å². The van der Waals surface area contributed by atoms with Crippen molar-refractivity contribution < 1.29 is 23.8 Å². The lowest BCUT2D eigenvalue weighted by molar-refractivity contribution is -0.144. The number of hydrogen-bond donors (Lipinski definition) is 0. The van der Waals surface area contributed by atoms with Crippen molar-refractivity contribution in [1.29, 1.82) is 0 Å². The number of rotatable bonds is 7. The number of ketones is 1. The molecule has 0 radical (unpaired) electrons. The molecule has 3 aromatic carbocycles. The molecule has 0 aliphatic rings. The molecule has 0 saturated heterocycles. The second-order valence-electron chi connectivity index (χ2n) is 5.61. The van der Waals surface area contributed by atoms with Crippen molar-refractivity contribution >= 4 is 22.5 Å². The Morgan fingerprint density at radius 3 is 2.31 bits per heavy atom. The number of esters is 1. The van der Waals surface area contributed by atoms with Crippen molar-refractivity contribution in [2.45, 2.75) is 0 Å². The maximum absolute atomic E-state index is 12.2. The van der Waals surface area contributed by atoms with Crippen LogP contribution in [0.15, 0.2) is 66.7 Å². The van der Waals surface area contributed by atoms with E-state index in [-0.39, 0.29) is 19.0 Å². The topological polar surface area (TPSA) is 61.8 Å². The first kappa shape index (κ1) is 17.5. The summed E-state index contributed by atoms with van der Waals surface area (Å²) in [5.74, 6) is 0.466. The Balaban J connectivity index is 1.56. The van der Waals surface area contributed by atoms with E-state index < -0.39 is 5.97 Å². The first-order chi connectivity index (χ1) is 12.7. The Kier molecular flexibility index (Phi) is 5.49. The van der Waals surface area contributed by atoms with Gasteiger partial charge in [0.1, 0.15) is 11.5 Å². The minimum atomic E-state index is -0.590. The van der Waals surface area contributed by atoms with Crippen LogP contribution in [0.25, 0.3) is 10.8 Å². The molecule has 0 unspecified atom stereocenters. The molecule has 0 fully saturated rings. The molecule has 26 heavy (non-hydrogen) atoms. The number of benzene rings is 3. The Morgan fingerprint density at radius 2 is 1.54 bits per heavy atom. The van der Waals surface area contributed by atoms with Crippen LogP contribution in [-0.2, 0) is 9.53 Å². The highest BCUT2D eigenvalue weighted by Gasteiger charge is 2.11. The molecular formula is C21H18O5. The monoisotopic (exact) mass is 350 g/mol. The largest absolute Gasteiger partial charge is 0.497 e. The lowest BCUT2D eigenvalue weighted by Gasteiger charge is -2.07. The molecular weight excluding hydrogens is 332 g/mol. The zero-order valence-electron chi connectivity index (χ0n) is 14.3. The van der Waals surface area contributed by atoms with E-state index in [2.05, 4.69) is 0 Å². The minimum absolute atomic E-state index is 0.241. The number of para-hydroxylation sites is 1. The number of ether oxygens (including phenoxy) is 3. The predicted molar refractivity (Wildman–Crippen MR) is 97.7 cm³/mol. The molecule has 3 aromatic rings. The number of methoxy groups -OCH3 is 1. The molecule has 0 bridgehead atoms. The summed E-state index contributed by atoms with van der Waals surface area (Å²) in [6.45, 7) is -0.562. The smallest absolute Gasteiger partial charge is 0.344 e. The van der Waals surface area contributed by atoms with Crippen LogP contribution in [0.2, 0.25) is 0 Å². The van der Waals surface area contributed by atoms with Gasteiger partial charge in [-0.25, -0.2) is 4.79 Å². The minimum Gasteiger partial charge on any atom is -0.497 e. The van der Waals surface area contributed by atoms with E-state index in [1.54, 1.807) is 43.5 Å². The molecule has 0 amide bonds. The summed E-state index contributed by atoms with van der Waals surface area (Å²) in [6.07, 6.45) is 0. The van der Waals surface area contributed by atoms with E-state index in [0.717, 1.165) is 16.5 Å². The van der Waals surface area contributed by atoms with Crippen molar-refractivity contribution in [3.05, 3.63) is 72.3 Å². The standard InChI is InChI=1S/C21H18O5/c1-24-19-10-9-15-11-17(8-7-16(15)12-19)20(22)13-26-21(23)14-25-18-5-3-2-4-6-18/h2-12H,13-14H2,1H3. The van der Waals surface area contributed by atoms with Crippen LogP contribution in [-0.4, -0.2) is 32.1 Å². The van der Waals surface area contributed by atoms with Crippen LogP contribution >= 0.6 is 0 Å². The average molecular weight is 350 g/mol. The Bertz CT molecular complexity index is 918. The predicted octanol–water partition coefficient (Wildman–Crippen LogP) is 3.65. The third kappa shape index (κ3) is 4.39. The molecule has 0 aromatic heterocycles. The van der Waals surface area contributed by atoms with Gasteiger partial charge >= 0.3 is 5.97 Å². The van der Waals surface area contributed by atoms with Gasteiger partial charge in [-0.3, -0.25) is 4.79 Å². The fourth-order valence-corrected chi connectivity index (χ4v) is 2.45. The Morgan fingerprint density at radius 1 is 0.808 bits per heavy atom. The number of carbonyl (C=O) groups is 2. The molecule has 5 heteroatoms. The van der Waals surface area contributed by atoms with Gasteiger partial charge in [0, 0.05) is 5.56 Å². The number of hydrogen-bond acceptors (Lipinski definition) is 5. The molecule has 0 aliphatic carbocycles. The van der Waals surface area contributed by atoms with Crippen LogP contribution < -0.4 is 9.47 Å². The second kappa shape index (κ2) is 8.16. The van der Waals surface area contributed by atoms with Gasteiger partial charge in [-0.2, -0.15) is 0 Å². The highest BCUT2D eigenvalue weighted by molar-refractivity contribution is 6.01. The Labute approximate surface area is 151 Å².